The molecule has 0 aliphatic carbocycles. The van der Waals surface area contributed by atoms with Crippen molar-refractivity contribution >= 4 is 29.3 Å². The Bertz CT molecular complexity index is 516. The van der Waals surface area contributed by atoms with Crippen molar-refractivity contribution < 1.29 is 27.9 Å². The summed E-state index contributed by atoms with van der Waals surface area (Å²) in [6, 6.07) is 5.15. The number of alkyl halides is 3. The number of benzene rings is 1. The first kappa shape index (κ1) is 17.4. The largest absolute Gasteiger partial charge is 0.481 e. The van der Waals surface area contributed by atoms with Crippen molar-refractivity contribution in [1.82, 2.24) is 0 Å². The molecule has 1 aromatic carbocycles. The van der Waals surface area contributed by atoms with Crippen molar-refractivity contribution in [2.75, 3.05) is 5.32 Å². The molecule has 1 amide bonds. The number of carbonyl (C=O) groups is 2. The van der Waals surface area contributed by atoms with Gasteiger partial charge in [0, 0.05) is 16.5 Å². The van der Waals surface area contributed by atoms with Crippen LogP contribution in [0.2, 0.25) is 0 Å². The second-order valence-electron chi connectivity index (χ2n) is 4.48. The molecule has 1 rings (SSSR count). The number of thioether (sulfide) groups is 1. The Morgan fingerprint density at radius 3 is 2.10 bits per heavy atom. The van der Waals surface area contributed by atoms with E-state index in [4.69, 9.17) is 5.11 Å². The molecule has 0 spiro atoms. The number of carboxylic acids is 1. The minimum absolute atomic E-state index is 0.00690. The number of anilines is 1. The fourth-order valence-corrected chi connectivity index (χ4v) is 1.98. The minimum Gasteiger partial charge on any atom is -0.481 e. The topological polar surface area (TPSA) is 66.4 Å². The highest BCUT2D eigenvalue weighted by molar-refractivity contribution is 8.00. The molecule has 116 valence electrons. The number of carboxylic acid groups (broad SMARTS) is 1. The number of halogens is 3. The summed E-state index contributed by atoms with van der Waals surface area (Å²) in [6.45, 7) is 2.89. The van der Waals surface area contributed by atoms with E-state index in [-0.39, 0.29) is 16.7 Å². The molecule has 2 N–H and O–H groups in total. The predicted octanol–water partition coefficient (Wildman–Crippen LogP) is 3.59. The number of aliphatic carboxylic acids is 1. The van der Waals surface area contributed by atoms with Crippen molar-refractivity contribution in [3.8, 4) is 0 Å². The highest BCUT2D eigenvalue weighted by Crippen LogP contribution is 2.37. The van der Waals surface area contributed by atoms with Gasteiger partial charge < -0.3 is 10.4 Å². The van der Waals surface area contributed by atoms with Gasteiger partial charge in [-0.3, -0.25) is 9.59 Å². The fourth-order valence-electron chi connectivity index (χ4n) is 1.44. The van der Waals surface area contributed by atoms with Crippen LogP contribution in [0, 0.1) is 11.8 Å². The molecule has 0 aliphatic rings. The first-order valence-electron chi connectivity index (χ1n) is 5.99. The van der Waals surface area contributed by atoms with Crippen LogP contribution in [0.3, 0.4) is 0 Å². The van der Waals surface area contributed by atoms with Gasteiger partial charge in [0.2, 0.25) is 5.91 Å². The van der Waals surface area contributed by atoms with Crippen molar-refractivity contribution in [1.29, 1.82) is 0 Å². The van der Waals surface area contributed by atoms with Crippen LogP contribution in [-0.4, -0.2) is 22.5 Å². The van der Waals surface area contributed by atoms with E-state index >= 15 is 0 Å². The number of amides is 1. The van der Waals surface area contributed by atoms with Gasteiger partial charge in [0.1, 0.15) is 0 Å². The standard InChI is InChI=1S/C13H14F3NO3S/c1-7(8(2)12(19)20)11(18)17-9-3-5-10(6-4-9)21-13(14,15)16/h3-8H,1-2H3,(H,17,18)(H,19,20). The molecule has 0 aromatic heterocycles. The van der Waals surface area contributed by atoms with E-state index in [9.17, 15) is 22.8 Å². The van der Waals surface area contributed by atoms with Crippen molar-refractivity contribution in [2.45, 2.75) is 24.3 Å². The van der Waals surface area contributed by atoms with Crippen LogP contribution >= 0.6 is 11.8 Å². The molecule has 0 radical (unpaired) electrons. The number of hydrogen-bond donors (Lipinski definition) is 2. The lowest BCUT2D eigenvalue weighted by Crippen LogP contribution is -2.29. The molecular formula is C13H14F3NO3S. The summed E-state index contributed by atoms with van der Waals surface area (Å²) in [6.07, 6.45) is 0. The molecule has 0 saturated carbocycles. The van der Waals surface area contributed by atoms with E-state index in [1.807, 2.05) is 0 Å². The molecule has 4 nitrogen and oxygen atoms in total. The number of hydrogen-bond acceptors (Lipinski definition) is 3. The molecule has 0 heterocycles. The molecule has 0 saturated heterocycles. The highest BCUT2D eigenvalue weighted by Gasteiger charge is 2.29. The maximum Gasteiger partial charge on any atom is 0.446 e. The zero-order valence-corrected chi connectivity index (χ0v) is 12.1. The summed E-state index contributed by atoms with van der Waals surface area (Å²) in [5.41, 5.74) is -4.05. The smallest absolute Gasteiger partial charge is 0.446 e. The van der Waals surface area contributed by atoms with Gasteiger partial charge >= 0.3 is 11.5 Å². The Morgan fingerprint density at radius 2 is 1.67 bits per heavy atom. The van der Waals surface area contributed by atoms with Crippen LogP contribution in [0.15, 0.2) is 29.2 Å². The summed E-state index contributed by atoms with van der Waals surface area (Å²) in [5, 5.41) is 11.3. The van der Waals surface area contributed by atoms with Crippen molar-refractivity contribution in [3.63, 3.8) is 0 Å². The molecule has 21 heavy (non-hydrogen) atoms. The van der Waals surface area contributed by atoms with Gasteiger partial charge in [-0.05, 0) is 36.0 Å². The molecular weight excluding hydrogens is 307 g/mol. The molecule has 2 atom stereocenters. The van der Waals surface area contributed by atoms with E-state index in [1.165, 1.54) is 38.1 Å². The van der Waals surface area contributed by atoms with Gasteiger partial charge in [0.05, 0.1) is 5.92 Å². The minimum atomic E-state index is -4.36. The van der Waals surface area contributed by atoms with Crippen LogP contribution in [0.5, 0.6) is 0 Å². The Hall–Kier alpha value is -1.70. The van der Waals surface area contributed by atoms with Crippen LogP contribution in [-0.2, 0) is 9.59 Å². The normalized spacial score (nSPS) is 14.3. The first-order chi connectivity index (χ1) is 9.60. The summed E-state index contributed by atoms with van der Waals surface area (Å²) in [5.74, 6) is -3.20. The van der Waals surface area contributed by atoms with Crippen molar-refractivity contribution in [2.24, 2.45) is 11.8 Å². The van der Waals surface area contributed by atoms with Gasteiger partial charge in [-0.15, -0.1) is 0 Å². The molecule has 8 heteroatoms. The van der Waals surface area contributed by atoms with E-state index in [2.05, 4.69) is 5.32 Å². The second-order valence-corrected chi connectivity index (χ2v) is 5.62. The summed E-state index contributed by atoms with van der Waals surface area (Å²) in [4.78, 5) is 22.6. The average molecular weight is 321 g/mol. The van der Waals surface area contributed by atoms with E-state index in [1.54, 1.807) is 0 Å². The monoisotopic (exact) mass is 321 g/mol. The Labute approximate surface area is 123 Å². The zero-order chi connectivity index (χ0) is 16.2. The maximum atomic E-state index is 12.2. The van der Waals surface area contributed by atoms with Crippen molar-refractivity contribution in [3.05, 3.63) is 24.3 Å². The van der Waals surface area contributed by atoms with Crippen LogP contribution in [0.1, 0.15) is 13.8 Å². The fraction of sp³-hybridized carbons (Fsp3) is 0.385. The lowest BCUT2D eigenvalue weighted by atomic mass is 9.95. The van der Waals surface area contributed by atoms with E-state index in [0.717, 1.165) is 0 Å². The molecule has 0 aliphatic heterocycles. The average Bonchev–Trinajstić information content (AvgIpc) is 2.37. The van der Waals surface area contributed by atoms with Gasteiger partial charge in [-0.2, -0.15) is 13.2 Å². The third-order valence-electron chi connectivity index (χ3n) is 2.91. The van der Waals surface area contributed by atoms with Crippen LogP contribution < -0.4 is 5.32 Å². The molecule has 0 fully saturated rings. The summed E-state index contributed by atoms with van der Waals surface area (Å²) >= 11 is -0.247. The summed E-state index contributed by atoms with van der Waals surface area (Å²) in [7, 11) is 0. The zero-order valence-electron chi connectivity index (χ0n) is 11.3. The third kappa shape index (κ3) is 5.66. The van der Waals surface area contributed by atoms with Crippen LogP contribution in [0.4, 0.5) is 18.9 Å². The molecule has 0 bridgehead atoms. The Morgan fingerprint density at radius 1 is 1.14 bits per heavy atom. The number of nitrogens with one attached hydrogen (secondary N) is 1. The van der Waals surface area contributed by atoms with Gasteiger partial charge in [-0.1, -0.05) is 13.8 Å². The lowest BCUT2D eigenvalue weighted by molar-refractivity contribution is -0.145. The third-order valence-corrected chi connectivity index (χ3v) is 3.65. The lowest BCUT2D eigenvalue weighted by Gasteiger charge is -2.16. The quantitative estimate of drug-likeness (QED) is 0.813. The first-order valence-corrected chi connectivity index (χ1v) is 6.81. The Kier molecular flexibility index (Phi) is 5.65. The van der Waals surface area contributed by atoms with Gasteiger partial charge in [-0.25, -0.2) is 0 Å². The number of carbonyl (C=O) groups excluding carboxylic acids is 1. The maximum absolute atomic E-state index is 12.2. The van der Waals surface area contributed by atoms with Gasteiger partial charge in [0.15, 0.2) is 0 Å². The predicted molar refractivity (Wildman–Crippen MR) is 72.9 cm³/mol. The van der Waals surface area contributed by atoms with E-state index in [0.29, 0.717) is 5.69 Å². The highest BCUT2D eigenvalue weighted by atomic mass is 32.2. The SMILES string of the molecule is CC(C(=O)O)C(C)C(=O)Nc1ccc(SC(F)(F)F)cc1. The summed E-state index contributed by atoms with van der Waals surface area (Å²) < 4.78 is 36.5. The van der Waals surface area contributed by atoms with Crippen LogP contribution in [0.25, 0.3) is 0 Å². The van der Waals surface area contributed by atoms with Gasteiger partial charge in [0.25, 0.3) is 0 Å². The molecule has 2 unspecified atom stereocenters. The van der Waals surface area contributed by atoms with E-state index < -0.39 is 29.2 Å². The second kappa shape index (κ2) is 6.84. The number of rotatable bonds is 5. The molecule has 1 aromatic rings. The Balaban J connectivity index is 2.67.